The van der Waals surface area contributed by atoms with Crippen LogP contribution in [0.4, 0.5) is 0 Å². The minimum Gasteiger partial charge on any atom is -0.308 e. The molecule has 4 nitrogen and oxygen atoms in total. The Morgan fingerprint density at radius 2 is 1.65 bits per heavy atom. The van der Waals surface area contributed by atoms with Gasteiger partial charge >= 0.3 is 0 Å². The standard InChI is InChI=1S/C17H24N4.2ClH/c1-17(2,3)15-12-21-14-9-7-6-8-13(14)20(16(21)18-15)11-10-19(4)5;;/h6-9,12H,10-11H2,1-5H3;2*1H. The van der Waals surface area contributed by atoms with Gasteiger partial charge in [-0.25, -0.2) is 4.98 Å². The van der Waals surface area contributed by atoms with Crippen molar-refractivity contribution in [3.63, 3.8) is 0 Å². The number of fused-ring (bicyclic) bond motifs is 3. The van der Waals surface area contributed by atoms with Crippen LogP contribution in [0.3, 0.4) is 0 Å². The lowest BCUT2D eigenvalue weighted by Crippen LogP contribution is -2.18. The van der Waals surface area contributed by atoms with Crippen molar-refractivity contribution in [1.29, 1.82) is 0 Å². The van der Waals surface area contributed by atoms with E-state index in [0.717, 1.165) is 24.6 Å². The van der Waals surface area contributed by atoms with Gasteiger partial charge < -0.3 is 9.47 Å². The zero-order chi connectivity index (χ0) is 15.2. The van der Waals surface area contributed by atoms with E-state index in [1.807, 2.05) is 0 Å². The normalized spacial score (nSPS) is 11.7. The molecule has 0 amide bonds. The SMILES string of the molecule is CN(C)CCn1c2ccccc2n2cc(C(C)(C)C)nc12.Cl.Cl. The molecule has 0 unspecified atom stereocenters. The summed E-state index contributed by atoms with van der Waals surface area (Å²) in [4.78, 5) is 7.11. The highest BCUT2D eigenvalue weighted by Crippen LogP contribution is 2.26. The zero-order valence-electron chi connectivity index (χ0n) is 14.4. The Morgan fingerprint density at radius 3 is 2.22 bits per heavy atom. The lowest BCUT2D eigenvalue weighted by atomic mass is 9.93. The van der Waals surface area contributed by atoms with Crippen molar-refractivity contribution in [1.82, 2.24) is 18.9 Å². The second-order valence-electron chi connectivity index (χ2n) is 6.99. The van der Waals surface area contributed by atoms with Crippen molar-refractivity contribution >= 4 is 41.6 Å². The van der Waals surface area contributed by atoms with Crippen LogP contribution < -0.4 is 0 Å². The number of likely N-dealkylation sites (N-methyl/N-ethyl adjacent to an activating group) is 1. The van der Waals surface area contributed by atoms with Gasteiger partial charge in [0.25, 0.3) is 0 Å². The molecule has 0 saturated carbocycles. The van der Waals surface area contributed by atoms with Crippen LogP contribution in [0.5, 0.6) is 0 Å². The summed E-state index contributed by atoms with van der Waals surface area (Å²) in [6.45, 7) is 8.58. The molecule has 0 spiro atoms. The van der Waals surface area contributed by atoms with Gasteiger partial charge in [-0.15, -0.1) is 24.8 Å². The molecule has 0 saturated heterocycles. The summed E-state index contributed by atoms with van der Waals surface area (Å²) in [6, 6.07) is 8.53. The molecule has 1 aromatic carbocycles. The monoisotopic (exact) mass is 356 g/mol. The minimum absolute atomic E-state index is 0. The molecule has 0 atom stereocenters. The van der Waals surface area contributed by atoms with E-state index in [-0.39, 0.29) is 30.2 Å². The van der Waals surface area contributed by atoms with Crippen molar-refractivity contribution in [3.8, 4) is 0 Å². The highest BCUT2D eigenvalue weighted by molar-refractivity contribution is 5.85. The molecule has 3 rings (SSSR count). The predicted octanol–water partition coefficient (Wildman–Crippen LogP) is 3.99. The average molecular weight is 357 g/mol. The Kier molecular flexibility index (Phi) is 6.13. The Morgan fingerprint density at radius 1 is 1.04 bits per heavy atom. The van der Waals surface area contributed by atoms with Gasteiger partial charge in [-0.3, -0.25) is 4.40 Å². The number of benzene rings is 1. The van der Waals surface area contributed by atoms with E-state index in [1.54, 1.807) is 0 Å². The van der Waals surface area contributed by atoms with E-state index < -0.39 is 0 Å². The number of nitrogens with zero attached hydrogens (tertiary/aromatic N) is 4. The Bertz CT molecular complexity index is 781. The maximum Gasteiger partial charge on any atom is 0.215 e. The van der Waals surface area contributed by atoms with Gasteiger partial charge in [0.2, 0.25) is 5.78 Å². The molecular weight excluding hydrogens is 331 g/mol. The van der Waals surface area contributed by atoms with Crippen LogP contribution in [0.25, 0.3) is 16.8 Å². The van der Waals surface area contributed by atoms with Gasteiger partial charge in [-0.2, -0.15) is 0 Å². The summed E-state index contributed by atoms with van der Waals surface area (Å²) in [7, 11) is 4.21. The summed E-state index contributed by atoms with van der Waals surface area (Å²) in [5, 5.41) is 0. The fourth-order valence-electron chi connectivity index (χ4n) is 2.62. The molecule has 0 N–H and O–H groups in total. The molecule has 0 fully saturated rings. The smallest absolute Gasteiger partial charge is 0.215 e. The number of para-hydroxylation sites is 2. The molecule has 6 heteroatoms. The fraction of sp³-hybridized carbons (Fsp3) is 0.471. The number of hydrogen-bond donors (Lipinski definition) is 0. The predicted molar refractivity (Wildman–Crippen MR) is 102 cm³/mol. The van der Waals surface area contributed by atoms with Crippen LogP contribution >= 0.6 is 24.8 Å². The van der Waals surface area contributed by atoms with E-state index in [2.05, 4.69) is 79.2 Å². The first-order valence-electron chi connectivity index (χ1n) is 7.49. The van der Waals surface area contributed by atoms with Crippen LogP contribution in [0.1, 0.15) is 26.5 Å². The fourth-order valence-corrected chi connectivity index (χ4v) is 2.62. The van der Waals surface area contributed by atoms with E-state index in [0.29, 0.717) is 0 Å². The second kappa shape index (κ2) is 7.12. The molecule has 2 aromatic heterocycles. The van der Waals surface area contributed by atoms with Crippen LogP contribution in [-0.4, -0.2) is 39.5 Å². The maximum atomic E-state index is 4.91. The van der Waals surface area contributed by atoms with E-state index in [9.17, 15) is 0 Å². The summed E-state index contributed by atoms with van der Waals surface area (Å²) >= 11 is 0. The third-order valence-electron chi connectivity index (χ3n) is 3.90. The molecule has 3 aromatic rings. The first-order chi connectivity index (χ1) is 9.88. The minimum atomic E-state index is 0. The summed E-state index contributed by atoms with van der Waals surface area (Å²) in [5.74, 6) is 1.04. The Hall–Kier alpha value is -1.23. The first kappa shape index (κ1) is 19.8. The number of rotatable bonds is 3. The van der Waals surface area contributed by atoms with E-state index in [4.69, 9.17) is 4.98 Å². The lowest BCUT2D eigenvalue weighted by Gasteiger charge is -2.14. The van der Waals surface area contributed by atoms with Crippen LogP contribution in [0.2, 0.25) is 0 Å². The zero-order valence-corrected chi connectivity index (χ0v) is 16.0. The Balaban J connectivity index is 0.00000132. The number of imidazole rings is 2. The summed E-state index contributed by atoms with van der Waals surface area (Å²) in [5.41, 5.74) is 3.69. The highest BCUT2D eigenvalue weighted by Gasteiger charge is 2.21. The van der Waals surface area contributed by atoms with Crippen molar-refractivity contribution in [2.45, 2.75) is 32.7 Å². The molecule has 2 heterocycles. The topological polar surface area (TPSA) is 25.5 Å². The quantitative estimate of drug-likeness (QED) is 0.708. The highest BCUT2D eigenvalue weighted by atomic mass is 35.5. The first-order valence-corrected chi connectivity index (χ1v) is 7.49. The summed E-state index contributed by atoms with van der Waals surface area (Å²) in [6.07, 6.45) is 2.18. The molecule has 0 aliphatic rings. The van der Waals surface area contributed by atoms with Gasteiger partial charge in [-0.1, -0.05) is 32.9 Å². The molecular formula is C17H26Cl2N4. The van der Waals surface area contributed by atoms with Crippen molar-refractivity contribution in [2.24, 2.45) is 0 Å². The third-order valence-corrected chi connectivity index (χ3v) is 3.90. The van der Waals surface area contributed by atoms with Gasteiger partial charge in [0.05, 0.1) is 16.7 Å². The molecule has 0 bridgehead atoms. The van der Waals surface area contributed by atoms with Crippen LogP contribution in [0.15, 0.2) is 30.5 Å². The second-order valence-corrected chi connectivity index (χ2v) is 6.99. The van der Waals surface area contributed by atoms with Gasteiger partial charge in [-0.05, 0) is 26.2 Å². The average Bonchev–Trinajstić information content (AvgIpc) is 2.93. The van der Waals surface area contributed by atoms with E-state index >= 15 is 0 Å². The molecule has 0 aliphatic carbocycles. The molecule has 128 valence electrons. The van der Waals surface area contributed by atoms with Crippen LogP contribution in [-0.2, 0) is 12.0 Å². The maximum absolute atomic E-state index is 4.91. The Labute approximate surface area is 150 Å². The van der Waals surface area contributed by atoms with Crippen molar-refractivity contribution < 1.29 is 0 Å². The molecule has 0 radical (unpaired) electrons. The van der Waals surface area contributed by atoms with E-state index in [1.165, 1.54) is 11.0 Å². The van der Waals surface area contributed by atoms with Crippen molar-refractivity contribution in [2.75, 3.05) is 20.6 Å². The number of hydrogen-bond acceptors (Lipinski definition) is 2. The van der Waals surface area contributed by atoms with Gasteiger partial charge in [0.15, 0.2) is 0 Å². The van der Waals surface area contributed by atoms with Crippen LogP contribution in [0, 0.1) is 0 Å². The number of halogens is 2. The molecule has 23 heavy (non-hydrogen) atoms. The van der Waals surface area contributed by atoms with Gasteiger partial charge in [0.1, 0.15) is 0 Å². The lowest BCUT2D eigenvalue weighted by molar-refractivity contribution is 0.388. The largest absolute Gasteiger partial charge is 0.308 e. The summed E-state index contributed by atoms with van der Waals surface area (Å²) < 4.78 is 4.55. The third kappa shape index (κ3) is 3.65. The van der Waals surface area contributed by atoms with Gasteiger partial charge in [0, 0.05) is 24.7 Å². The number of aromatic nitrogens is 3. The molecule has 0 aliphatic heterocycles. The van der Waals surface area contributed by atoms with Crippen molar-refractivity contribution in [3.05, 3.63) is 36.2 Å².